The molecule has 1 atom stereocenters. The second-order valence-electron chi connectivity index (χ2n) is 3.69. The Morgan fingerprint density at radius 1 is 1.00 bits per heavy atom. The zero-order chi connectivity index (χ0) is 7.98. The Kier molecular flexibility index (Phi) is 16.4. The molecule has 0 amide bonds. The molecule has 0 heteroatoms. The van der Waals surface area contributed by atoms with Crippen LogP contribution in [-0.2, 0) is 0 Å². The third-order valence-electron chi connectivity index (χ3n) is 2.08. The fraction of sp³-hybridized carbons (Fsp3) is 1.00. The molecule has 0 rings (SSSR count). The summed E-state index contributed by atoms with van der Waals surface area (Å²) in [5, 5.41) is 0. The van der Waals surface area contributed by atoms with Crippen LogP contribution in [0.3, 0.4) is 0 Å². The van der Waals surface area contributed by atoms with E-state index in [1.807, 2.05) is 0 Å². The van der Waals surface area contributed by atoms with E-state index in [2.05, 4.69) is 27.7 Å². The summed E-state index contributed by atoms with van der Waals surface area (Å²) in [5.41, 5.74) is 0. The first-order valence-electron chi connectivity index (χ1n) is 4.70. The first kappa shape index (κ1) is 17.9. The van der Waals surface area contributed by atoms with Crippen LogP contribution in [0.1, 0.15) is 68.2 Å². The van der Waals surface area contributed by atoms with Crippen molar-refractivity contribution in [1.29, 1.82) is 0 Å². The maximum atomic E-state index is 2.32. The predicted molar refractivity (Wildman–Crippen MR) is 61.6 cm³/mol. The summed E-state index contributed by atoms with van der Waals surface area (Å²) in [5.74, 6) is 1.88. The molecule has 0 nitrogen and oxygen atoms in total. The zero-order valence-corrected chi connectivity index (χ0v) is 7.98. The number of rotatable bonds is 5. The fourth-order valence-corrected chi connectivity index (χ4v) is 1.56. The van der Waals surface area contributed by atoms with E-state index in [9.17, 15) is 0 Å². The third kappa shape index (κ3) is 10.0. The molecule has 0 aromatic carbocycles. The quantitative estimate of drug-likeness (QED) is 0.542. The summed E-state index contributed by atoms with van der Waals surface area (Å²) in [4.78, 5) is 0. The van der Waals surface area contributed by atoms with Gasteiger partial charge in [-0.3, -0.25) is 0 Å². The fourth-order valence-electron chi connectivity index (χ4n) is 1.56. The van der Waals surface area contributed by atoms with Gasteiger partial charge in [0.05, 0.1) is 0 Å². The molecule has 0 saturated heterocycles. The van der Waals surface area contributed by atoms with Crippen LogP contribution in [0.25, 0.3) is 0 Å². The van der Waals surface area contributed by atoms with Crippen molar-refractivity contribution in [2.45, 2.75) is 68.2 Å². The SMILES string of the molecule is C.C.CCCC(CC)CC(C)C. The maximum Gasteiger partial charge on any atom is -0.0415 e. The van der Waals surface area contributed by atoms with Crippen LogP contribution < -0.4 is 0 Å². The molecule has 0 aromatic rings. The highest BCUT2D eigenvalue weighted by molar-refractivity contribution is 4.58. The first-order chi connectivity index (χ1) is 4.70. The van der Waals surface area contributed by atoms with Gasteiger partial charge in [0, 0.05) is 0 Å². The van der Waals surface area contributed by atoms with Crippen LogP contribution >= 0.6 is 0 Å². The van der Waals surface area contributed by atoms with Crippen molar-refractivity contribution in [2.75, 3.05) is 0 Å². The standard InChI is InChI=1S/C10H22.2CH4/c1-5-7-10(6-2)8-9(3)4;;/h9-10H,5-8H2,1-4H3;2*1H4. The van der Waals surface area contributed by atoms with Gasteiger partial charge < -0.3 is 0 Å². The molecule has 0 fully saturated rings. The summed E-state index contributed by atoms with van der Waals surface area (Å²) in [6, 6.07) is 0. The molecular formula is C12H30. The van der Waals surface area contributed by atoms with Gasteiger partial charge in [-0.25, -0.2) is 0 Å². The van der Waals surface area contributed by atoms with Crippen molar-refractivity contribution in [2.24, 2.45) is 11.8 Å². The summed E-state index contributed by atoms with van der Waals surface area (Å²) in [6.07, 6.45) is 5.57. The van der Waals surface area contributed by atoms with E-state index < -0.39 is 0 Å². The van der Waals surface area contributed by atoms with E-state index in [0.717, 1.165) is 11.8 Å². The molecular weight excluding hydrogens is 144 g/mol. The first-order valence-corrected chi connectivity index (χ1v) is 4.70. The van der Waals surface area contributed by atoms with Crippen LogP contribution in [0.2, 0.25) is 0 Å². The Morgan fingerprint density at radius 2 is 1.50 bits per heavy atom. The van der Waals surface area contributed by atoms with Crippen molar-refractivity contribution >= 4 is 0 Å². The van der Waals surface area contributed by atoms with Gasteiger partial charge in [0.2, 0.25) is 0 Å². The molecule has 0 aliphatic carbocycles. The van der Waals surface area contributed by atoms with Gasteiger partial charge in [0.25, 0.3) is 0 Å². The number of hydrogen-bond donors (Lipinski definition) is 0. The average Bonchev–Trinajstić information content (AvgIpc) is 1.86. The molecule has 0 bridgehead atoms. The number of hydrogen-bond acceptors (Lipinski definition) is 0. The topological polar surface area (TPSA) is 0 Å². The lowest BCUT2D eigenvalue weighted by Crippen LogP contribution is -2.02. The lowest BCUT2D eigenvalue weighted by molar-refractivity contribution is 0.373. The van der Waals surface area contributed by atoms with Gasteiger partial charge in [-0.2, -0.15) is 0 Å². The normalized spacial score (nSPS) is 11.8. The molecule has 78 valence electrons. The van der Waals surface area contributed by atoms with Crippen molar-refractivity contribution in [3.05, 3.63) is 0 Å². The van der Waals surface area contributed by atoms with Crippen molar-refractivity contribution in [3.8, 4) is 0 Å². The molecule has 0 aliphatic heterocycles. The van der Waals surface area contributed by atoms with Crippen molar-refractivity contribution in [3.63, 3.8) is 0 Å². The van der Waals surface area contributed by atoms with E-state index in [1.54, 1.807) is 0 Å². The molecule has 0 aromatic heterocycles. The van der Waals surface area contributed by atoms with Gasteiger partial charge in [0.15, 0.2) is 0 Å². The van der Waals surface area contributed by atoms with E-state index in [1.165, 1.54) is 25.7 Å². The second kappa shape index (κ2) is 11.0. The van der Waals surface area contributed by atoms with Crippen LogP contribution in [-0.4, -0.2) is 0 Å². The Hall–Kier alpha value is 0. The maximum absolute atomic E-state index is 2.32. The average molecular weight is 174 g/mol. The van der Waals surface area contributed by atoms with Gasteiger partial charge in [-0.05, 0) is 18.3 Å². The summed E-state index contributed by atoms with van der Waals surface area (Å²) < 4.78 is 0. The predicted octanol–water partition coefficient (Wildman–Crippen LogP) is 5.13. The highest BCUT2D eigenvalue weighted by atomic mass is 14.1. The molecule has 0 heterocycles. The van der Waals surface area contributed by atoms with Crippen molar-refractivity contribution < 1.29 is 0 Å². The summed E-state index contributed by atoms with van der Waals surface area (Å²) >= 11 is 0. The highest BCUT2D eigenvalue weighted by Gasteiger charge is 2.06. The van der Waals surface area contributed by atoms with Gasteiger partial charge in [0.1, 0.15) is 0 Å². The van der Waals surface area contributed by atoms with Gasteiger partial charge in [-0.1, -0.05) is 61.8 Å². The molecule has 12 heavy (non-hydrogen) atoms. The monoisotopic (exact) mass is 174 g/mol. The van der Waals surface area contributed by atoms with E-state index in [4.69, 9.17) is 0 Å². The molecule has 0 saturated carbocycles. The van der Waals surface area contributed by atoms with Gasteiger partial charge in [-0.15, -0.1) is 0 Å². The molecule has 0 spiro atoms. The molecule has 0 N–H and O–H groups in total. The smallest absolute Gasteiger partial charge is 0.0415 e. The second-order valence-corrected chi connectivity index (χ2v) is 3.69. The van der Waals surface area contributed by atoms with Crippen molar-refractivity contribution in [1.82, 2.24) is 0 Å². The largest absolute Gasteiger partial charge is 0.0776 e. The van der Waals surface area contributed by atoms with Gasteiger partial charge >= 0.3 is 0 Å². The summed E-state index contributed by atoms with van der Waals surface area (Å²) in [7, 11) is 0. The third-order valence-corrected chi connectivity index (χ3v) is 2.08. The Bertz CT molecular complexity index is 64.4. The van der Waals surface area contributed by atoms with Crippen LogP contribution in [0.15, 0.2) is 0 Å². The van der Waals surface area contributed by atoms with E-state index in [-0.39, 0.29) is 14.9 Å². The Morgan fingerprint density at radius 3 is 1.75 bits per heavy atom. The summed E-state index contributed by atoms with van der Waals surface area (Å²) in [6.45, 7) is 9.22. The molecule has 0 aliphatic rings. The molecule has 1 unspecified atom stereocenters. The Labute approximate surface area is 80.8 Å². The minimum absolute atomic E-state index is 0. The van der Waals surface area contributed by atoms with Crippen LogP contribution in [0, 0.1) is 11.8 Å². The minimum atomic E-state index is 0. The lowest BCUT2D eigenvalue weighted by atomic mass is 9.91. The Balaban J connectivity index is -0.000000405. The highest BCUT2D eigenvalue weighted by Crippen LogP contribution is 2.19. The zero-order valence-electron chi connectivity index (χ0n) is 7.98. The van der Waals surface area contributed by atoms with E-state index >= 15 is 0 Å². The van der Waals surface area contributed by atoms with Crippen LogP contribution in [0.4, 0.5) is 0 Å². The minimum Gasteiger partial charge on any atom is -0.0776 e. The molecule has 0 radical (unpaired) electrons. The van der Waals surface area contributed by atoms with E-state index in [0.29, 0.717) is 0 Å². The van der Waals surface area contributed by atoms with Crippen LogP contribution in [0.5, 0.6) is 0 Å². The lowest BCUT2D eigenvalue weighted by Gasteiger charge is -2.15.